The summed E-state index contributed by atoms with van der Waals surface area (Å²) >= 11 is 1.09. The third-order valence-corrected chi connectivity index (χ3v) is 3.91. The van der Waals surface area contributed by atoms with Crippen LogP contribution in [0, 0.1) is 20.2 Å². The molecule has 1 aromatic rings. The SMILES string of the molecule is O=[N+]([O-])O[C@@H]1S[C@H](c2ccccc2)[C@H]1[N+](=O)[O-]. The largest absolute Gasteiger partial charge is 0.295 e. The Morgan fingerprint density at radius 2 is 1.82 bits per heavy atom. The van der Waals surface area contributed by atoms with Crippen molar-refractivity contribution in [3.63, 3.8) is 0 Å². The van der Waals surface area contributed by atoms with Crippen LogP contribution in [0.1, 0.15) is 10.8 Å². The van der Waals surface area contributed by atoms with Gasteiger partial charge in [0.1, 0.15) is 5.25 Å². The number of hydrogen-bond acceptors (Lipinski definition) is 6. The van der Waals surface area contributed by atoms with Crippen LogP contribution in [0.2, 0.25) is 0 Å². The molecule has 1 heterocycles. The average Bonchev–Trinajstić information content (AvgIpc) is 2.23. The lowest BCUT2D eigenvalue weighted by Crippen LogP contribution is -2.47. The Balaban J connectivity index is 2.12. The fourth-order valence-electron chi connectivity index (χ4n) is 1.66. The van der Waals surface area contributed by atoms with Gasteiger partial charge in [-0.05, 0) is 5.56 Å². The molecule has 0 radical (unpaired) electrons. The zero-order valence-corrected chi connectivity index (χ0v) is 9.28. The summed E-state index contributed by atoms with van der Waals surface area (Å²) in [5.41, 5.74) is -0.243. The molecule has 0 spiro atoms. The van der Waals surface area contributed by atoms with Crippen molar-refractivity contribution in [3.05, 3.63) is 56.1 Å². The highest BCUT2D eigenvalue weighted by atomic mass is 32.2. The predicted molar refractivity (Wildman–Crippen MR) is 59.4 cm³/mol. The standard InChI is InChI=1S/C9H8N2O5S/c12-10(13)7-8(6-4-2-1-3-5-6)17-9(7)16-11(14)15/h1-5,7-9H/t7-,8-,9-/m1/s1. The summed E-state index contributed by atoms with van der Waals surface area (Å²) in [5, 5.41) is 19.6. The van der Waals surface area contributed by atoms with Crippen molar-refractivity contribution in [2.75, 3.05) is 0 Å². The summed E-state index contributed by atoms with van der Waals surface area (Å²) in [6.45, 7) is 0. The first kappa shape index (κ1) is 11.6. The van der Waals surface area contributed by atoms with Crippen molar-refractivity contribution in [1.82, 2.24) is 0 Å². The lowest BCUT2D eigenvalue weighted by Gasteiger charge is -2.35. The summed E-state index contributed by atoms with van der Waals surface area (Å²) in [6.07, 6.45) is 0. The zero-order chi connectivity index (χ0) is 12.4. The van der Waals surface area contributed by atoms with E-state index in [1.807, 2.05) is 0 Å². The van der Waals surface area contributed by atoms with Crippen molar-refractivity contribution in [3.8, 4) is 0 Å². The van der Waals surface area contributed by atoms with Gasteiger partial charge in [-0.25, -0.2) is 0 Å². The van der Waals surface area contributed by atoms with Gasteiger partial charge in [0.05, 0.1) is 0 Å². The summed E-state index contributed by atoms with van der Waals surface area (Å²) in [7, 11) is 0. The van der Waals surface area contributed by atoms with Gasteiger partial charge in [-0.1, -0.05) is 30.3 Å². The number of rotatable bonds is 4. The van der Waals surface area contributed by atoms with Crippen LogP contribution in [0.3, 0.4) is 0 Å². The van der Waals surface area contributed by atoms with Crippen molar-refractivity contribution < 1.29 is 14.8 Å². The minimum Gasteiger partial charge on any atom is -0.292 e. The first-order chi connectivity index (χ1) is 8.09. The summed E-state index contributed by atoms with van der Waals surface area (Å²) in [4.78, 5) is 24.7. The van der Waals surface area contributed by atoms with E-state index < -0.39 is 26.7 Å². The Bertz CT molecular complexity index is 440. The molecular formula is C9H8N2O5S. The number of hydrogen-bond donors (Lipinski definition) is 0. The van der Waals surface area contributed by atoms with E-state index >= 15 is 0 Å². The van der Waals surface area contributed by atoms with E-state index in [1.54, 1.807) is 30.3 Å². The van der Waals surface area contributed by atoms with Crippen LogP contribution < -0.4 is 0 Å². The Hall–Kier alpha value is -1.83. The van der Waals surface area contributed by atoms with Gasteiger partial charge in [-0.3, -0.25) is 15.0 Å². The zero-order valence-electron chi connectivity index (χ0n) is 8.46. The van der Waals surface area contributed by atoms with E-state index in [-0.39, 0.29) is 0 Å². The highest BCUT2D eigenvalue weighted by molar-refractivity contribution is 8.01. The van der Waals surface area contributed by atoms with Gasteiger partial charge in [-0.2, -0.15) is 0 Å². The van der Waals surface area contributed by atoms with E-state index in [0.717, 1.165) is 17.3 Å². The van der Waals surface area contributed by atoms with Gasteiger partial charge in [0.25, 0.3) is 11.1 Å². The lowest BCUT2D eigenvalue weighted by molar-refractivity contribution is -0.772. The molecule has 0 unspecified atom stereocenters. The van der Waals surface area contributed by atoms with Crippen molar-refractivity contribution in [2.45, 2.75) is 16.7 Å². The third-order valence-electron chi connectivity index (χ3n) is 2.43. The molecule has 90 valence electrons. The van der Waals surface area contributed by atoms with Crippen LogP contribution >= 0.6 is 11.8 Å². The molecule has 0 amide bonds. The summed E-state index contributed by atoms with van der Waals surface area (Å²) in [6, 6.07) is 7.79. The third kappa shape index (κ3) is 2.31. The Kier molecular flexibility index (Phi) is 3.14. The molecule has 7 nitrogen and oxygen atoms in total. The van der Waals surface area contributed by atoms with Crippen LogP contribution in [-0.4, -0.2) is 21.5 Å². The second-order valence-corrected chi connectivity index (χ2v) is 4.69. The molecule has 1 aromatic carbocycles. The van der Waals surface area contributed by atoms with Crippen LogP contribution in [0.4, 0.5) is 0 Å². The summed E-state index contributed by atoms with van der Waals surface area (Å²) < 4.78 is 0. The molecule has 17 heavy (non-hydrogen) atoms. The molecule has 0 aromatic heterocycles. The second-order valence-electron chi connectivity index (χ2n) is 3.44. The van der Waals surface area contributed by atoms with E-state index in [4.69, 9.17) is 0 Å². The first-order valence-electron chi connectivity index (χ1n) is 4.74. The normalized spacial score (nSPS) is 26.9. The molecule has 1 saturated heterocycles. The monoisotopic (exact) mass is 256 g/mol. The molecule has 1 aliphatic rings. The van der Waals surface area contributed by atoms with Crippen LogP contribution in [0.25, 0.3) is 0 Å². The van der Waals surface area contributed by atoms with E-state index in [1.165, 1.54) is 0 Å². The topological polar surface area (TPSA) is 95.5 Å². The Morgan fingerprint density at radius 1 is 1.18 bits per heavy atom. The molecule has 0 bridgehead atoms. The fourth-order valence-corrected chi connectivity index (χ4v) is 2.93. The highest BCUT2D eigenvalue weighted by Crippen LogP contribution is 2.50. The average molecular weight is 256 g/mol. The maximum absolute atomic E-state index is 10.8. The maximum Gasteiger partial charge on any atom is 0.295 e. The second kappa shape index (κ2) is 4.58. The smallest absolute Gasteiger partial charge is 0.292 e. The number of nitrogens with zero attached hydrogens (tertiary/aromatic N) is 2. The van der Waals surface area contributed by atoms with Gasteiger partial charge in [0.15, 0.2) is 0 Å². The minimum atomic E-state index is -1.08. The lowest BCUT2D eigenvalue weighted by atomic mass is 10.1. The van der Waals surface area contributed by atoms with Crippen molar-refractivity contribution in [2.24, 2.45) is 0 Å². The maximum atomic E-state index is 10.8. The summed E-state index contributed by atoms with van der Waals surface area (Å²) in [5.74, 6) is 0. The Morgan fingerprint density at radius 3 is 2.35 bits per heavy atom. The van der Waals surface area contributed by atoms with E-state index in [2.05, 4.69) is 4.84 Å². The first-order valence-corrected chi connectivity index (χ1v) is 5.69. The molecule has 8 heteroatoms. The van der Waals surface area contributed by atoms with Gasteiger partial charge in [0, 0.05) is 4.92 Å². The van der Waals surface area contributed by atoms with Gasteiger partial charge in [-0.15, -0.1) is 21.9 Å². The molecule has 2 rings (SSSR count). The van der Waals surface area contributed by atoms with E-state index in [9.17, 15) is 20.2 Å². The predicted octanol–water partition coefficient (Wildman–Crippen LogP) is 1.65. The fraction of sp³-hybridized carbons (Fsp3) is 0.333. The molecule has 0 saturated carbocycles. The number of benzene rings is 1. The van der Waals surface area contributed by atoms with Crippen LogP contribution in [-0.2, 0) is 4.84 Å². The molecule has 1 aliphatic heterocycles. The molecule has 0 N–H and O–H groups in total. The molecule has 3 atom stereocenters. The Labute approximate surface area is 100 Å². The van der Waals surface area contributed by atoms with Crippen LogP contribution in [0.5, 0.6) is 0 Å². The van der Waals surface area contributed by atoms with E-state index in [0.29, 0.717) is 0 Å². The molecule has 1 fully saturated rings. The minimum absolute atomic E-state index is 0.392. The van der Waals surface area contributed by atoms with Crippen LogP contribution in [0.15, 0.2) is 30.3 Å². The van der Waals surface area contributed by atoms with Gasteiger partial charge < -0.3 is 0 Å². The van der Waals surface area contributed by atoms with Gasteiger partial charge in [0.2, 0.25) is 5.44 Å². The highest BCUT2D eigenvalue weighted by Gasteiger charge is 2.54. The van der Waals surface area contributed by atoms with Crippen molar-refractivity contribution in [1.29, 1.82) is 0 Å². The molecular weight excluding hydrogens is 248 g/mol. The van der Waals surface area contributed by atoms with Crippen molar-refractivity contribution >= 4 is 11.8 Å². The molecule has 0 aliphatic carbocycles. The number of nitro groups is 1. The quantitative estimate of drug-likeness (QED) is 0.600. The number of thioether (sulfide) groups is 1. The van der Waals surface area contributed by atoms with Gasteiger partial charge >= 0.3 is 0 Å².